The summed E-state index contributed by atoms with van der Waals surface area (Å²) in [5.41, 5.74) is 2.41. The number of rotatable bonds is 4. The predicted octanol–water partition coefficient (Wildman–Crippen LogP) is 2.50. The zero-order chi connectivity index (χ0) is 17.3. The second kappa shape index (κ2) is 6.65. The molecule has 0 radical (unpaired) electrons. The van der Waals surface area contributed by atoms with E-state index in [0.29, 0.717) is 23.7 Å². The van der Waals surface area contributed by atoms with Crippen LogP contribution >= 0.6 is 11.6 Å². The van der Waals surface area contributed by atoms with Crippen LogP contribution in [0.2, 0.25) is 5.02 Å². The first-order valence-electron chi connectivity index (χ1n) is 7.87. The molecule has 1 aliphatic rings. The van der Waals surface area contributed by atoms with Crippen LogP contribution in [-0.4, -0.2) is 40.1 Å². The van der Waals surface area contributed by atoms with E-state index in [1.165, 1.54) is 0 Å². The zero-order valence-electron chi connectivity index (χ0n) is 13.6. The zero-order valence-corrected chi connectivity index (χ0v) is 14.4. The van der Waals surface area contributed by atoms with E-state index in [1.807, 2.05) is 25.1 Å². The lowest BCUT2D eigenvalue weighted by molar-refractivity contribution is -0.127. The van der Waals surface area contributed by atoms with Gasteiger partial charge in [0.1, 0.15) is 0 Å². The Labute approximate surface area is 145 Å². The van der Waals surface area contributed by atoms with Crippen molar-refractivity contribution < 1.29 is 9.59 Å². The highest BCUT2D eigenvalue weighted by Gasteiger charge is 2.32. The van der Waals surface area contributed by atoms with E-state index < -0.39 is 0 Å². The molecular formula is C17H19ClN4O2. The third-order valence-electron chi connectivity index (χ3n) is 4.23. The fraction of sp³-hybridized carbons (Fsp3) is 0.353. The van der Waals surface area contributed by atoms with Gasteiger partial charge in [0.25, 0.3) is 0 Å². The molecule has 3 rings (SSSR count). The Bertz CT molecular complexity index is 787. The Morgan fingerprint density at radius 3 is 2.88 bits per heavy atom. The molecule has 2 heterocycles. The predicted molar refractivity (Wildman–Crippen MR) is 92.3 cm³/mol. The fourth-order valence-corrected chi connectivity index (χ4v) is 3.11. The Kier molecular flexibility index (Phi) is 4.57. The van der Waals surface area contributed by atoms with Crippen LogP contribution < -0.4 is 5.32 Å². The van der Waals surface area contributed by atoms with Gasteiger partial charge in [-0.05, 0) is 24.6 Å². The van der Waals surface area contributed by atoms with E-state index in [0.717, 1.165) is 11.4 Å². The SMILES string of the molecule is CCc1c(NC(=O)[C@@H]2CC(=O)N(C)C2)cnn1-c1cccc(Cl)c1. The van der Waals surface area contributed by atoms with Crippen LogP contribution in [0.3, 0.4) is 0 Å². The van der Waals surface area contributed by atoms with Gasteiger partial charge in [0.2, 0.25) is 11.8 Å². The van der Waals surface area contributed by atoms with Crippen molar-refractivity contribution in [3.8, 4) is 5.69 Å². The van der Waals surface area contributed by atoms with Crippen molar-refractivity contribution in [1.29, 1.82) is 0 Å². The number of amides is 2. The van der Waals surface area contributed by atoms with E-state index in [9.17, 15) is 9.59 Å². The molecular weight excluding hydrogens is 328 g/mol. The third kappa shape index (κ3) is 3.14. The first-order chi connectivity index (χ1) is 11.5. The van der Waals surface area contributed by atoms with Crippen molar-refractivity contribution in [2.45, 2.75) is 19.8 Å². The normalized spacial score (nSPS) is 17.4. The number of nitrogens with zero attached hydrogens (tertiary/aromatic N) is 3. The molecule has 6 nitrogen and oxygen atoms in total. The van der Waals surface area contributed by atoms with E-state index in [2.05, 4.69) is 10.4 Å². The van der Waals surface area contributed by atoms with Crippen molar-refractivity contribution >= 4 is 29.1 Å². The topological polar surface area (TPSA) is 67.2 Å². The van der Waals surface area contributed by atoms with Crippen molar-refractivity contribution in [1.82, 2.24) is 14.7 Å². The van der Waals surface area contributed by atoms with Gasteiger partial charge in [0, 0.05) is 25.0 Å². The number of likely N-dealkylation sites (tertiary alicyclic amines) is 1. The van der Waals surface area contributed by atoms with Crippen molar-refractivity contribution in [3.05, 3.63) is 41.2 Å². The van der Waals surface area contributed by atoms with E-state index in [1.54, 1.807) is 28.9 Å². The average molecular weight is 347 g/mol. The number of carbonyl (C=O) groups excluding carboxylic acids is 2. The smallest absolute Gasteiger partial charge is 0.229 e. The van der Waals surface area contributed by atoms with Gasteiger partial charge < -0.3 is 10.2 Å². The maximum atomic E-state index is 12.4. The van der Waals surface area contributed by atoms with Crippen LogP contribution in [0.25, 0.3) is 5.69 Å². The van der Waals surface area contributed by atoms with Gasteiger partial charge in [-0.1, -0.05) is 24.6 Å². The second-order valence-corrected chi connectivity index (χ2v) is 6.35. The molecule has 1 N–H and O–H groups in total. The summed E-state index contributed by atoms with van der Waals surface area (Å²) in [6.07, 6.45) is 2.59. The molecule has 1 fully saturated rings. The Balaban J connectivity index is 1.82. The molecule has 7 heteroatoms. The number of aromatic nitrogens is 2. The molecule has 1 aromatic carbocycles. The Morgan fingerprint density at radius 2 is 2.25 bits per heavy atom. The van der Waals surface area contributed by atoms with Gasteiger partial charge in [0.05, 0.1) is 29.2 Å². The number of carbonyl (C=O) groups is 2. The lowest BCUT2D eigenvalue weighted by Crippen LogP contribution is -2.26. The Hall–Kier alpha value is -2.34. The second-order valence-electron chi connectivity index (χ2n) is 5.91. The molecule has 1 aliphatic heterocycles. The first-order valence-corrected chi connectivity index (χ1v) is 8.25. The first kappa shape index (κ1) is 16.5. The molecule has 0 aliphatic carbocycles. The number of anilines is 1. The number of benzene rings is 1. The third-order valence-corrected chi connectivity index (χ3v) is 4.46. The monoisotopic (exact) mass is 346 g/mol. The van der Waals surface area contributed by atoms with Crippen molar-refractivity contribution in [2.75, 3.05) is 18.9 Å². The highest BCUT2D eigenvalue weighted by Crippen LogP contribution is 2.24. The van der Waals surface area contributed by atoms with Crippen LogP contribution in [0, 0.1) is 5.92 Å². The van der Waals surface area contributed by atoms with Gasteiger partial charge in [-0.15, -0.1) is 0 Å². The number of nitrogens with one attached hydrogen (secondary N) is 1. The summed E-state index contributed by atoms with van der Waals surface area (Å²) < 4.78 is 1.77. The minimum Gasteiger partial charge on any atom is -0.345 e. The standard InChI is InChI=1S/C17H19ClN4O2/c1-3-15-14(20-17(24)11-7-16(23)21(2)10-11)9-19-22(15)13-6-4-5-12(18)8-13/h4-6,8-9,11H,3,7,10H2,1-2H3,(H,20,24)/t11-/m1/s1. The maximum absolute atomic E-state index is 12.4. The summed E-state index contributed by atoms with van der Waals surface area (Å²) in [5.74, 6) is -0.463. The highest BCUT2D eigenvalue weighted by molar-refractivity contribution is 6.30. The summed E-state index contributed by atoms with van der Waals surface area (Å²) in [4.78, 5) is 25.6. The molecule has 0 unspecified atom stereocenters. The summed E-state index contributed by atoms with van der Waals surface area (Å²) in [6, 6.07) is 7.39. The minimum atomic E-state index is -0.318. The van der Waals surface area contributed by atoms with E-state index >= 15 is 0 Å². The van der Waals surface area contributed by atoms with Crippen LogP contribution in [0.5, 0.6) is 0 Å². The summed E-state index contributed by atoms with van der Waals surface area (Å²) in [7, 11) is 1.71. The lowest BCUT2D eigenvalue weighted by Gasteiger charge is -2.12. The van der Waals surface area contributed by atoms with Crippen LogP contribution in [0.15, 0.2) is 30.5 Å². The summed E-state index contributed by atoms with van der Waals surface area (Å²) in [6.45, 7) is 2.45. The van der Waals surface area contributed by atoms with Gasteiger partial charge in [-0.2, -0.15) is 5.10 Å². The van der Waals surface area contributed by atoms with Gasteiger partial charge >= 0.3 is 0 Å². The number of halogens is 1. The van der Waals surface area contributed by atoms with Gasteiger partial charge in [-0.25, -0.2) is 4.68 Å². The largest absolute Gasteiger partial charge is 0.345 e. The molecule has 126 valence electrons. The number of hydrogen-bond donors (Lipinski definition) is 1. The Morgan fingerprint density at radius 1 is 1.46 bits per heavy atom. The van der Waals surface area contributed by atoms with Crippen molar-refractivity contribution in [3.63, 3.8) is 0 Å². The molecule has 1 atom stereocenters. The summed E-state index contributed by atoms with van der Waals surface area (Å²) >= 11 is 6.05. The molecule has 2 aromatic rings. The fourth-order valence-electron chi connectivity index (χ4n) is 2.92. The number of hydrogen-bond acceptors (Lipinski definition) is 3. The van der Waals surface area contributed by atoms with Crippen LogP contribution in [0.4, 0.5) is 5.69 Å². The van der Waals surface area contributed by atoms with E-state index in [-0.39, 0.29) is 24.2 Å². The quantitative estimate of drug-likeness (QED) is 0.925. The molecule has 1 saturated heterocycles. The molecule has 2 amide bonds. The lowest BCUT2D eigenvalue weighted by atomic mass is 10.1. The van der Waals surface area contributed by atoms with Crippen LogP contribution in [0.1, 0.15) is 19.0 Å². The molecule has 1 aromatic heterocycles. The molecule has 0 saturated carbocycles. The van der Waals surface area contributed by atoms with Crippen LogP contribution in [-0.2, 0) is 16.0 Å². The molecule has 0 spiro atoms. The van der Waals surface area contributed by atoms with Crippen molar-refractivity contribution in [2.24, 2.45) is 5.92 Å². The van der Waals surface area contributed by atoms with Gasteiger partial charge in [0.15, 0.2) is 0 Å². The molecule has 0 bridgehead atoms. The van der Waals surface area contributed by atoms with E-state index in [4.69, 9.17) is 11.6 Å². The minimum absolute atomic E-state index is 0.000451. The maximum Gasteiger partial charge on any atom is 0.229 e. The molecule has 24 heavy (non-hydrogen) atoms. The highest BCUT2D eigenvalue weighted by atomic mass is 35.5. The summed E-state index contributed by atoms with van der Waals surface area (Å²) in [5, 5.41) is 7.92. The average Bonchev–Trinajstić information content (AvgIpc) is 3.11. The van der Waals surface area contributed by atoms with Gasteiger partial charge in [-0.3, -0.25) is 9.59 Å².